The Morgan fingerprint density at radius 2 is 1.74 bits per heavy atom. The minimum absolute atomic E-state index is 0.107. The molecule has 0 aliphatic heterocycles. The van der Waals surface area contributed by atoms with Gasteiger partial charge in [-0.05, 0) is 0 Å². The number of hydrogen-bond donors (Lipinski definition) is 2. The molecule has 0 aromatic carbocycles. The standard InChI is InChI=1S/C10H13NO8/c1-17-8(14)2-3-9(15)18-6-19-10(16)11-5-4-7(12)13/h2-3H,4-6H2,1H3,(H,11,16)(H,12,13). The Bertz CT molecular complexity index is 376. The lowest BCUT2D eigenvalue weighted by atomic mass is 10.4. The van der Waals surface area contributed by atoms with Crippen molar-refractivity contribution in [2.24, 2.45) is 0 Å². The first-order valence-corrected chi connectivity index (χ1v) is 5.01. The minimum atomic E-state index is -1.07. The molecular weight excluding hydrogens is 262 g/mol. The maximum absolute atomic E-state index is 10.9. The van der Waals surface area contributed by atoms with Gasteiger partial charge in [-0.3, -0.25) is 4.79 Å². The molecule has 0 saturated heterocycles. The highest BCUT2D eigenvalue weighted by atomic mass is 16.7. The van der Waals surface area contributed by atoms with E-state index >= 15 is 0 Å². The zero-order chi connectivity index (χ0) is 14.7. The van der Waals surface area contributed by atoms with Crippen molar-refractivity contribution in [1.82, 2.24) is 5.32 Å². The topological polar surface area (TPSA) is 128 Å². The summed E-state index contributed by atoms with van der Waals surface area (Å²) in [6, 6.07) is 0. The number of carbonyl (C=O) groups excluding carboxylic acids is 3. The van der Waals surface area contributed by atoms with Crippen LogP contribution in [0.5, 0.6) is 0 Å². The van der Waals surface area contributed by atoms with Gasteiger partial charge in [-0.1, -0.05) is 0 Å². The van der Waals surface area contributed by atoms with Crippen molar-refractivity contribution in [3.05, 3.63) is 12.2 Å². The fourth-order valence-electron chi connectivity index (χ4n) is 0.716. The monoisotopic (exact) mass is 275 g/mol. The number of carbonyl (C=O) groups is 4. The van der Waals surface area contributed by atoms with Crippen LogP contribution in [0.4, 0.5) is 4.79 Å². The highest BCUT2D eigenvalue weighted by Gasteiger charge is 2.05. The molecule has 2 N–H and O–H groups in total. The highest BCUT2D eigenvalue weighted by molar-refractivity contribution is 5.91. The summed E-state index contributed by atoms with van der Waals surface area (Å²) in [6.07, 6.45) is 0.467. The maximum Gasteiger partial charge on any atom is 0.410 e. The molecule has 0 heterocycles. The number of aliphatic carboxylic acids is 1. The maximum atomic E-state index is 10.9. The number of rotatable bonds is 7. The summed E-state index contributed by atoms with van der Waals surface area (Å²) in [6.45, 7) is -0.770. The van der Waals surface area contributed by atoms with Crippen LogP contribution in [0.3, 0.4) is 0 Å². The van der Waals surface area contributed by atoms with Gasteiger partial charge in [-0.2, -0.15) is 0 Å². The predicted molar refractivity (Wildman–Crippen MR) is 58.9 cm³/mol. The Morgan fingerprint density at radius 3 is 2.32 bits per heavy atom. The van der Waals surface area contributed by atoms with Crippen molar-refractivity contribution in [1.29, 1.82) is 0 Å². The van der Waals surface area contributed by atoms with Gasteiger partial charge >= 0.3 is 24.0 Å². The van der Waals surface area contributed by atoms with E-state index in [1.807, 2.05) is 0 Å². The van der Waals surface area contributed by atoms with Crippen LogP contribution in [0.2, 0.25) is 0 Å². The lowest BCUT2D eigenvalue weighted by molar-refractivity contribution is -0.146. The van der Waals surface area contributed by atoms with Crippen LogP contribution < -0.4 is 5.32 Å². The van der Waals surface area contributed by atoms with Gasteiger partial charge in [0.05, 0.1) is 13.5 Å². The van der Waals surface area contributed by atoms with Crippen molar-refractivity contribution in [3.8, 4) is 0 Å². The highest BCUT2D eigenvalue weighted by Crippen LogP contribution is 1.87. The van der Waals surface area contributed by atoms with Gasteiger partial charge in [0.1, 0.15) is 0 Å². The van der Waals surface area contributed by atoms with E-state index < -0.39 is 30.8 Å². The molecule has 1 amide bonds. The first-order chi connectivity index (χ1) is 8.95. The van der Waals surface area contributed by atoms with E-state index in [0.717, 1.165) is 19.3 Å². The van der Waals surface area contributed by atoms with Crippen LogP contribution in [-0.2, 0) is 28.6 Å². The lowest BCUT2D eigenvalue weighted by Gasteiger charge is -2.05. The van der Waals surface area contributed by atoms with Crippen molar-refractivity contribution in [2.75, 3.05) is 20.4 Å². The molecular formula is C10H13NO8. The number of methoxy groups -OCH3 is 1. The Hall–Kier alpha value is -2.58. The Labute approximate surface area is 108 Å². The van der Waals surface area contributed by atoms with Crippen LogP contribution in [0.15, 0.2) is 12.2 Å². The second-order valence-corrected chi connectivity index (χ2v) is 2.94. The molecule has 19 heavy (non-hydrogen) atoms. The van der Waals surface area contributed by atoms with Crippen molar-refractivity contribution in [2.45, 2.75) is 6.42 Å². The van der Waals surface area contributed by atoms with E-state index in [1.165, 1.54) is 0 Å². The van der Waals surface area contributed by atoms with E-state index in [4.69, 9.17) is 5.11 Å². The van der Waals surface area contributed by atoms with Gasteiger partial charge < -0.3 is 24.6 Å². The van der Waals surface area contributed by atoms with E-state index in [2.05, 4.69) is 19.5 Å². The number of alkyl carbamates (subject to hydrolysis) is 1. The van der Waals surface area contributed by atoms with Crippen molar-refractivity contribution in [3.63, 3.8) is 0 Å². The molecule has 0 fully saturated rings. The van der Waals surface area contributed by atoms with Gasteiger partial charge in [0.15, 0.2) is 0 Å². The summed E-state index contributed by atoms with van der Waals surface area (Å²) in [4.78, 5) is 42.6. The van der Waals surface area contributed by atoms with Crippen LogP contribution in [0.25, 0.3) is 0 Å². The second kappa shape index (κ2) is 9.45. The molecule has 106 valence electrons. The second-order valence-electron chi connectivity index (χ2n) is 2.94. The van der Waals surface area contributed by atoms with Gasteiger partial charge in [0, 0.05) is 18.7 Å². The Kier molecular flexibility index (Phi) is 8.17. The number of hydrogen-bond acceptors (Lipinski definition) is 7. The number of nitrogens with one attached hydrogen (secondary N) is 1. The van der Waals surface area contributed by atoms with Crippen LogP contribution in [0, 0.1) is 0 Å². The normalized spacial score (nSPS) is 9.74. The van der Waals surface area contributed by atoms with Crippen molar-refractivity contribution < 1.29 is 38.5 Å². The number of ether oxygens (including phenoxy) is 3. The molecule has 0 radical (unpaired) electrons. The number of amides is 1. The lowest BCUT2D eigenvalue weighted by Crippen LogP contribution is -2.27. The summed E-state index contributed by atoms with van der Waals surface area (Å²) in [5.41, 5.74) is 0. The van der Waals surface area contributed by atoms with E-state index in [-0.39, 0.29) is 13.0 Å². The van der Waals surface area contributed by atoms with Crippen LogP contribution in [-0.4, -0.2) is 49.6 Å². The summed E-state index contributed by atoms with van der Waals surface area (Å²) >= 11 is 0. The smallest absolute Gasteiger partial charge is 0.410 e. The molecule has 0 bridgehead atoms. The van der Waals surface area contributed by atoms with Crippen LogP contribution >= 0.6 is 0 Å². The molecule has 0 saturated carbocycles. The zero-order valence-corrected chi connectivity index (χ0v) is 10.1. The average molecular weight is 275 g/mol. The quantitative estimate of drug-likeness (QED) is 0.358. The fraction of sp³-hybridized carbons (Fsp3) is 0.400. The molecule has 0 spiro atoms. The van der Waals surface area contributed by atoms with Gasteiger partial charge in [0.25, 0.3) is 0 Å². The Balaban J connectivity index is 3.70. The minimum Gasteiger partial charge on any atom is -0.481 e. The summed E-state index contributed by atoms with van der Waals surface area (Å²) < 4.78 is 13.0. The summed E-state index contributed by atoms with van der Waals surface area (Å²) in [5.74, 6) is -2.70. The molecule has 0 aliphatic rings. The third-order valence-corrected chi connectivity index (χ3v) is 1.56. The summed E-state index contributed by atoms with van der Waals surface area (Å²) in [7, 11) is 1.14. The molecule has 0 aliphatic carbocycles. The first-order valence-electron chi connectivity index (χ1n) is 5.01. The third kappa shape index (κ3) is 10.3. The molecule has 9 heteroatoms. The fourth-order valence-corrected chi connectivity index (χ4v) is 0.716. The SMILES string of the molecule is COC(=O)C=CC(=O)OCOC(=O)NCCC(=O)O. The molecule has 0 unspecified atom stereocenters. The number of esters is 2. The van der Waals surface area contributed by atoms with Gasteiger partial charge in [0.2, 0.25) is 6.79 Å². The number of carboxylic acids is 1. The van der Waals surface area contributed by atoms with Crippen molar-refractivity contribution >= 4 is 24.0 Å². The van der Waals surface area contributed by atoms with Gasteiger partial charge in [-0.25, -0.2) is 14.4 Å². The first kappa shape index (κ1) is 16.4. The molecule has 0 atom stereocenters. The van der Waals surface area contributed by atoms with Crippen LogP contribution in [0.1, 0.15) is 6.42 Å². The summed E-state index contributed by atoms with van der Waals surface area (Å²) in [5, 5.41) is 10.4. The molecule has 0 aromatic rings. The molecule has 9 nitrogen and oxygen atoms in total. The molecule has 0 rings (SSSR count). The molecule has 0 aromatic heterocycles. The largest absolute Gasteiger partial charge is 0.481 e. The zero-order valence-electron chi connectivity index (χ0n) is 10.1. The van der Waals surface area contributed by atoms with Gasteiger partial charge in [-0.15, -0.1) is 0 Å². The Morgan fingerprint density at radius 1 is 1.11 bits per heavy atom. The van der Waals surface area contributed by atoms with E-state index in [9.17, 15) is 19.2 Å². The third-order valence-electron chi connectivity index (χ3n) is 1.56. The number of carboxylic acid groups (broad SMARTS) is 1. The van der Waals surface area contributed by atoms with E-state index in [0.29, 0.717) is 0 Å². The predicted octanol–water partition coefficient (Wildman–Crippen LogP) is -0.583. The average Bonchev–Trinajstić information content (AvgIpc) is 2.35. The van der Waals surface area contributed by atoms with E-state index in [1.54, 1.807) is 0 Å².